The summed E-state index contributed by atoms with van der Waals surface area (Å²) in [5, 5.41) is 12.3. The Balaban J connectivity index is 1.63. The van der Waals surface area contributed by atoms with E-state index in [0.717, 1.165) is 17.3 Å². The highest BCUT2D eigenvalue weighted by Gasteiger charge is 2.38. The number of rotatable bonds is 6. The third-order valence-corrected chi connectivity index (χ3v) is 7.61. The first kappa shape index (κ1) is 25.6. The van der Waals surface area contributed by atoms with Crippen LogP contribution in [0.25, 0.3) is 17.4 Å². The van der Waals surface area contributed by atoms with Crippen molar-refractivity contribution >= 4 is 57.4 Å². The molecule has 1 aliphatic rings. The number of thioether (sulfide) groups is 1. The van der Waals surface area contributed by atoms with E-state index in [1.807, 2.05) is 31.2 Å². The molecule has 0 spiro atoms. The zero-order valence-electron chi connectivity index (χ0n) is 20.8. The van der Waals surface area contributed by atoms with Gasteiger partial charge in [-0.25, -0.2) is 9.67 Å². The van der Waals surface area contributed by atoms with Gasteiger partial charge < -0.3 is 10.4 Å². The molecule has 1 amide bonds. The van der Waals surface area contributed by atoms with Gasteiger partial charge in [0.15, 0.2) is 4.32 Å². The molecule has 0 atom stereocenters. The van der Waals surface area contributed by atoms with Crippen molar-refractivity contribution in [2.75, 3.05) is 23.4 Å². The van der Waals surface area contributed by atoms with Crippen LogP contribution in [-0.2, 0) is 11.8 Å². The van der Waals surface area contributed by atoms with Gasteiger partial charge in [-0.1, -0.05) is 48.2 Å². The number of pyridine rings is 1. The van der Waals surface area contributed by atoms with E-state index < -0.39 is 5.91 Å². The summed E-state index contributed by atoms with van der Waals surface area (Å²) in [6, 6.07) is 12.7. The number of aromatic nitrogens is 4. The number of nitrogens with one attached hydrogen (secondary N) is 1. The van der Waals surface area contributed by atoms with Crippen LogP contribution in [0.2, 0.25) is 0 Å². The number of fused-ring (bicyclic) bond motifs is 1. The highest BCUT2D eigenvalue weighted by atomic mass is 32.2. The summed E-state index contributed by atoms with van der Waals surface area (Å²) in [6.45, 7) is 3.58. The Labute approximate surface area is 226 Å². The third-order valence-electron chi connectivity index (χ3n) is 6.31. The minimum absolute atomic E-state index is 0.147. The molecule has 0 saturated carbocycles. The smallest absolute Gasteiger partial charge is 0.296 e. The first-order valence-corrected chi connectivity index (χ1v) is 13.0. The summed E-state index contributed by atoms with van der Waals surface area (Å²) >= 11 is 6.54. The Morgan fingerprint density at radius 1 is 1.08 bits per heavy atom. The Hall–Kier alpha value is -4.00. The maximum Gasteiger partial charge on any atom is 0.296 e. The molecule has 1 aliphatic heterocycles. The number of anilines is 2. The third kappa shape index (κ3) is 4.16. The normalized spacial score (nSPS) is 14.7. The van der Waals surface area contributed by atoms with E-state index in [2.05, 4.69) is 10.3 Å². The van der Waals surface area contributed by atoms with Gasteiger partial charge in [-0.2, -0.15) is 0 Å². The van der Waals surface area contributed by atoms with Crippen LogP contribution in [0.1, 0.15) is 16.8 Å². The maximum atomic E-state index is 13.6. The standard InChI is InChI=1S/C26H24N6O4S2/c1-15-8-7-12-30-22(15)28-21(27-11-13-33)18(23(30)34)14-19-24(35)31(26(37)38-19)20-16(2)29(3)32(25(20)36)17-9-5-4-6-10-17/h4-10,12,14,27,33H,11,13H2,1-3H3. The van der Waals surface area contributed by atoms with Gasteiger partial charge in [-0.3, -0.25) is 28.4 Å². The van der Waals surface area contributed by atoms with E-state index in [-0.39, 0.29) is 50.6 Å². The van der Waals surface area contributed by atoms with E-state index in [1.54, 1.807) is 43.0 Å². The molecule has 0 aliphatic carbocycles. The number of amides is 1. The number of carbonyl (C=O) groups excluding carboxylic acids is 1. The van der Waals surface area contributed by atoms with Gasteiger partial charge in [-0.15, -0.1) is 0 Å². The van der Waals surface area contributed by atoms with Gasteiger partial charge in [0.1, 0.15) is 17.2 Å². The molecular formula is C26H24N6O4S2. The number of hydrogen-bond acceptors (Lipinski definition) is 8. The molecule has 5 rings (SSSR count). The Morgan fingerprint density at radius 3 is 2.53 bits per heavy atom. The molecular weight excluding hydrogens is 524 g/mol. The minimum Gasteiger partial charge on any atom is -0.395 e. The molecule has 10 nitrogen and oxygen atoms in total. The molecule has 3 aromatic heterocycles. The Morgan fingerprint density at radius 2 is 1.82 bits per heavy atom. The molecule has 1 saturated heterocycles. The summed E-state index contributed by atoms with van der Waals surface area (Å²) in [6.07, 6.45) is 3.05. The average Bonchev–Trinajstić information content (AvgIpc) is 3.30. The second kappa shape index (κ2) is 10.0. The van der Waals surface area contributed by atoms with Crippen LogP contribution in [0, 0.1) is 13.8 Å². The van der Waals surface area contributed by atoms with Crippen molar-refractivity contribution in [3.05, 3.63) is 91.1 Å². The molecule has 1 fully saturated rings. The zero-order chi connectivity index (χ0) is 27.1. The lowest BCUT2D eigenvalue weighted by Crippen LogP contribution is -2.33. The molecule has 38 heavy (non-hydrogen) atoms. The Kier molecular flexibility index (Phi) is 6.78. The molecule has 0 bridgehead atoms. The van der Waals surface area contributed by atoms with Gasteiger partial charge >= 0.3 is 0 Å². The quantitative estimate of drug-likeness (QED) is 0.279. The van der Waals surface area contributed by atoms with Crippen molar-refractivity contribution in [1.29, 1.82) is 0 Å². The van der Waals surface area contributed by atoms with Crippen molar-refractivity contribution in [1.82, 2.24) is 18.7 Å². The summed E-state index contributed by atoms with van der Waals surface area (Å²) in [7, 11) is 1.74. The number of para-hydroxylation sites is 1. The van der Waals surface area contributed by atoms with Crippen molar-refractivity contribution < 1.29 is 9.90 Å². The highest BCUT2D eigenvalue weighted by molar-refractivity contribution is 8.27. The molecule has 0 radical (unpaired) electrons. The van der Waals surface area contributed by atoms with Gasteiger partial charge in [-0.05, 0) is 43.7 Å². The van der Waals surface area contributed by atoms with Crippen LogP contribution in [0.15, 0.2) is 63.2 Å². The summed E-state index contributed by atoms with van der Waals surface area (Å²) < 4.78 is 4.74. The molecule has 12 heteroatoms. The van der Waals surface area contributed by atoms with Crippen LogP contribution in [0.3, 0.4) is 0 Å². The van der Waals surface area contributed by atoms with Gasteiger partial charge in [0.25, 0.3) is 17.0 Å². The monoisotopic (exact) mass is 548 g/mol. The average molecular weight is 549 g/mol. The number of hydrogen-bond donors (Lipinski definition) is 2. The van der Waals surface area contributed by atoms with Crippen LogP contribution in [0.5, 0.6) is 0 Å². The minimum atomic E-state index is -0.507. The molecule has 2 N–H and O–H groups in total. The summed E-state index contributed by atoms with van der Waals surface area (Å²) in [4.78, 5) is 46.6. The number of aliphatic hydroxyl groups is 1. The summed E-state index contributed by atoms with van der Waals surface area (Å²) in [5.74, 6) is -0.265. The first-order valence-electron chi connectivity index (χ1n) is 11.7. The first-order chi connectivity index (χ1) is 18.2. The van der Waals surface area contributed by atoms with Crippen LogP contribution in [-0.4, -0.2) is 47.2 Å². The molecule has 0 unspecified atom stereocenters. The molecule has 1 aromatic carbocycles. The lowest BCUT2D eigenvalue weighted by molar-refractivity contribution is -0.113. The molecule has 4 aromatic rings. The second-order valence-corrected chi connectivity index (χ2v) is 10.3. The highest BCUT2D eigenvalue weighted by Crippen LogP contribution is 2.36. The lowest BCUT2D eigenvalue weighted by Gasteiger charge is -2.13. The Bertz CT molecular complexity index is 1750. The van der Waals surface area contributed by atoms with Crippen LogP contribution in [0.4, 0.5) is 11.5 Å². The van der Waals surface area contributed by atoms with Gasteiger partial charge in [0.2, 0.25) is 0 Å². The van der Waals surface area contributed by atoms with E-state index in [1.165, 1.54) is 20.1 Å². The topological polar surface area (TPSA) is 114 Å². The fraction of sp³-hybridized carbons (Fsp3) is 0.192. The van der Waals surface area contributed by atoms with E-state index in [0.29, 0.717) is 17.0 Å². The molecule has 194 valence electrons. The number of nitrogens with zero attached hydrogens (tertiary/aromatic N) is 5. The van der Waals surface area contributed by atoms with Crippen LogP contribution >= 0.6 is 24.0 Å². The fourth-order valence-electron chi connectivity index (χ4n) is 4.35. The van der Waals surface area contributed by atoms with E-state index in [4.69, 9.17) is 12.2 Å². The number of carbonyl (C=O) groups is 1. The van der Waals surface area contributed by atoms with Crippen molar-refractivity contribution in [3.63, 3.8) is 0 Å². The van der Waals surface area contributed by atoms with Crippen molar-refractivity contribution in [2.24, 2.45) is 7.05 Å². The van der Waals surface area contributed by atoms with E-state index >= 15 is 0 Å². The number of thiocarbonyl (C=S) groups is 1. The van der Waals surface area contributed by atoms with Gasteiger partial charge in [0, 0.05) is 19.8 Å². The van der Waals surface area contributed by atoms with Crippen molar-refractivity contribution in [3.8, 4) is 5.69 Å². The lowest BCUT2D eigenvalue weighted by atomic mass is 10.2. The molecule has 4 heterocycles. The number of aryl methyl sites for hydroxylation is 1. The van der Waals surface area contributed by atoms with E-state index in [9.17, 15) is 19.5 Å². The SMILES string of the molecule is Cc1cccn2c(=O)c(C=C3SC(=S)N(c4c(C)n(C)n(-c5ccccc5)c4=O)C3=O)c(NCCO)nc12. The summed E-state index contributed by atoms with van der Waals surface area (Å²) in [5.41, 5.74) is 2.00. The van der Waals surface area contributed by atoms with Crippen LogP contribution < -0.4 is 21.3 Å². The van der Waals surface area contributed by atoms with Gasteiger partial charge in [0.05, 0.1) is 28.5 Å². The second-order valence-electron chi connectivity index (χ2n) is 8.64. The fourth-order valence-corrected chi connectivity index (χ4v) is 5.61. The number of aliphatic hydroxyl groups excluding tert-OH is 1. The predicted octanol–water partition coefficient (Wildman–Crippen LogP) is 2.61. The number of benzene rings is 1. The largest absolute Gasteiger partial charge is 0.395 e. The predicted molar refractivity (Wildman–Crippen MR) is 153 cm³/mol. The maximum absolute atomic E-state index is 13.6. The van der Waals surface area contributed by atoms with Crippen molar-refractivity contribution in [2.45, 2.75) is 13.8 Å². The zero-order valence-corrected chi connectivity index (χ0v) is 22.5.